The van der Waals surface area contributed by atoms with Crippen LogP contribution in [0, 0.1) is 0 Å². The number of carbonyl (C=O) groups is 1. The molecule has 0 bridgehead atoms. The topological polar surface area (TPSA) is 50.4 Å². The van der Waals surface area contributed by atoms with Crippen LogP contribution in [0.4, 0.5) is 4.79 Å². The molecule has 0 unspecified atom stereocenters. The fourth-order valence-electron chi connectivity index (χ4n) is 1.48. The largest absolute Gasteiger partial charge is 0.338 e. The molecule has 0 aromatic rings. The maximum Gasteiger partial charge on any atom is 0.338 e. The summed E-state index contributed by atoms with van der Waals surface area (Å²) in [5.41, 5.74) is 2.06. The number of urea groups is 1. The van der Waals surface area contributed by atoms with E-state index in [1.54, 1.807) is 0 Å². The molecule has 82 valence electrons. The summed E-state index contributed by atoms with van der Waals surface area (Å²) < 4.78 is 0. The first-order chi connectivity index (χ1) is 6.47. The van der Waals surface area contributed by atoms with Crippen molar-refractivity contribution in [2.45, 2.75) is 58.1 Å². The second-order valence-corrected chi connectivity index (χ2v) is 4.77. The Labute approximate surface area is 85.3 Å². The van der Waals surface area contributed by atoms with E-state index < -0.39 is 0 Å². The smallest absolute Gasteiger partial charge is 0.334 e. The first kappa shape index (κ1) is 11.3. The monoisotopic (exact) mass is 200 g/mol. The molecule has 0 heterocycles. The minimum Gasteiger partial charge on any atom is -0.334 e. The molecule has 4 heteroatoms. The van der Waals surface area contributed by atoms with Gasteiger partial charge in [-0.15, -0.1) is 0 Å². The molecule has 2 N–H and O–H groups in total. The Morgan fingerprint density at radius 2 is 1.86 bits per heavy atom. The number of carbonyl (C=O) groups excluding carboxylic acids is 1. The molecule has 2 amide bonds. The van der Waals surface area contributed by atoms with Gasteiger partial charge in [0, 0.05) is 6.04 Å². The lowest BCUT2D eigenvalue weighted by Crippen LogP contribution is -2.43. The second kappa shape index (κ2) is 4.64. The van der Waals surface area contributed by atoms with E-state index in [1.807, 2.05) is 20.8 Å². The van der Waals surface area contributed by atoms with E-state index in [9.17, 15) is 4.79 Å². The number of rotatable bonds is 2. The highest BCUT2D eigenvalue weighted by Gasteiger charge is 2.18. The number of nitrogens with one attached hydrogen (secondary N) is 2. The van der Waals surface area contributed by atoms with Gasteiger partial charge in [-0.3, -0.25) is 4.84 Å². The van der Waals surface area contributed by atoms with Crippen LogP contribution in [0.1, 0.15) is 46.5 Å². The third kappa shape index (κ3) is 4.46. The fourth-order valence-corrected chi connectivity index (χ4v) is 1.48. The summed E-state index contributed by atoms with van der Waals surface area (Å²) in [6, 6.07) is 0.102. The van der Waals surface area contributed by atoms with Gasteiger partial charge in [0.2, 0.25) is 0 Å². The van der Waals surface area contributed by atoms with Crippen LogP contribution >= 0.6 is 0 Å². The molecule has 1 saturated carbocycles. The maximum atomic E-state index is 11.3. The summed E-state index contributed by atoms with van der Waals surface area (Å²) in [4.78, 5) is 16.4. The highest BCUT2D eigenvalue weighted by atomic mass is 16.7. The van der Waals surface area contributed by atoms with Crippen molar-refractivity contribution < 1.29 is 9.63 Å². The zero-order chi connectivity index (χ0) is 10.6. The average Bonchev–Trinajstić information content (AvgIpc) is 2.52. The Bertz CT molecular complexity index is 193. The SMILES string of the molecule is CC(C)(C)ONC(=O)NC1CCCC1. The quantitative estimate of drug-likeness (QED) is 0.669. The van der Waals surface area contributed by atoms with Gasteiger partial charge in [0.05, 0.1) is 5.60 Å². The Morgan fingerprint density at radius 1 is 1.29 bits per heavy atom. The van der Waals surface area contributed by atoms with Gasteiger partial charge in [0.15, 0.2) is 0 Å². The van der Waals surface area contributed by atoms with Crippen LogP contribution < -0.4 is 10.8 Å². The molecule has 0 aliphatic heterocycles. The Hall–Kier alpha value is -0.770. The highest BCUT2D eigenvalue weighted by Crippen LogP contribution is 2.17. The molecule has 0 spiro atoms. The van der Waals surface area contributed by atoms with Crippen molar-refractivity contribution >= 4 is 6.03 Å². The molecule has 1 rings (SSSR count). The van der Waals surface area contributed by atoms with Crippen molar-refractivity contribution in [2.75, 3.05) is 0 Å². The Kier molecular flexibility index (Phi) is 3.75. The van der Waals surface area contributed by atoms with Crippen molar-refractivity contribution in [2.24, 2.45) is 0 Å². The number of hydrogen-bond donors (Lipinski definition) is 2. The molecule has 0 saturated heterocycles. The van der Waals surface area contributed by atoms with Gasteiger partial charge in [-0.25, -0.2) is 10.3 Å². The summed E-state index contributed by atoms with van der Waals surface area (Å²) in [6.45, 7) is 5.68. The second-order valence-electron chi connectivity index (χ2n) is 4.77. The van der Waals surface area contributed by atoms with Gasteiger partial charge in [-0.05, 0) is 33.6 Å². The van der Waals surface area contributed by atoms with Crippen LogP contribution in [0.15, 0.2) is 0 Å². The van der Waals surface area contributed by atoms with E-state index in [2.05, 4.69) is 10.8 Å². The lowest BCUT2D eigenvalue weighted by Gasteiger charge is -2.20. The molecular weight excluding hydrogens is 180 g/mol. The van der Waals surface area contributed by atoms with E-state index in [0.717, 1.165) is 12.8 Å². The van der Waals surface area contributed by atoms with Crippen molar-refractivity contribution in [3.63, 3.8) is 0 Å². The van der Waals surface area contributed by atoms with E-state index in [1.165, 1.54) is 12.8 Å². The molecule has 0 radical (unpaired) electrons. The van der Waals surface area contributed by atoms with Gasteiger partial charge in [0.1, 0.15) is 0 Å². The predicted molar refractivity (Wildman–Crippen MR) is 54.8 cm³/mol. The van der Waals surface area contributed by atoms with Crippen LogP contribution in [-0.4, -0.2) is 17.7 Å². The summed E-state index contributed by atoms with van der Waals surface area (Å²) in [5, 5.41) is 2.88. The van der Waals surface area contributed by atoms with Crippen LogP contribution in [0.5, 0.6) is 0 Å². The lowest BCUT2D eigenvalue weighted by molar-refractivity contribution is -0.0532. The van der Waals surface area contributed by atoms with Gasteiger partial charge < -0.3 is 5.32 Å². The average molecular weight is 200 g/mol. The van der Waals surface area contributed by atoms with E-state index in [-0.39, 0.29) is 11.6 Å². The summed E-state index contributed by atoms with van der Waals surface area (Å²) in [5.74, 6) is 0. The predicted octanol–water partition coefficient (Wildman–Crippen LogP) is 1.96. The van der Waals surface area contributed by atoms with Gasteiger partial charge >= 0.3 is 6.03 Å². The van der Waals surface area contributed by atoms with Crippen LogP contribution in [0.3, 0.4) is 0 Å². The van der Waals surface area contributed by atoms with Crippen LogP contribution in [0.25, 0.3) is 0 Å². The van der Waals surface area contributed by atoms with Crippen molar-refractivity contribution in [1.82, 2.24) is 10.8 Å². The minimum absolute atomic E-state index is 0.230. The number of amides is 2. The minimum atomic E-state index is -0.340. The molecule has 4 nitrogen and oxygen atoms in total. The van der Waals surface area contributed by atoms with E-state index in [0.29, 0.717) is 6.04 Å². The molecule has 0 atom stereocenters. The van der Waals surface area contributed by atoms with E-state index in [4.69, 9.17) is 4.84 Å². The number of hydroxylamine groups is 1. The Balaban J connectivity index is 2.15. The summed E-state index contributed by atoms with van der Waals surface area (Å²) >= 11 is 0. The fraction of sp³-hybridized carbons (Fsp3) is 0.900. The zero-order valence-electron chi connectivity index (χ0n) is 9.22. The first-order valence-electron chi connectivity index (χ1n) is 5.22. The van der Waals surface area contributed by atoms with Crippen LogP contribution in [0.2, 0.25) is 0 Å². The zero-order valence-corrected chi connectivity index (χ0v) is 9.22. The molecule has 1 fully saturated rings. The summed E-state index contributed by atoms with van der Waals surface area (Å²) in [7, 11) is 0. The van der Waals surface area contributed by atoms with Gasteiger partial charge in [-0.1, -0.05) is 12.8 Å². The molecule has 0 aromatic heterocycles. The molecule has 14 heavy (non-hydrogen) atoms. The maximum absolute atomic E-state index is 11.3. The third-order valence-electron chi connectivity index (χ3n) is 2.14. The summed E-state index contributed by atoms with van der Waals surface area (Å²) in [6.07, 6.45) is 4.60. The van der Waals surface area contributed by atoms with E-state index >= 15 is 0 Å². The van der Waals surface area contributed by atoms with Crippen molar-refractivity contribution in [3.8, 4) is 0 Å². The molecule has 1 aliphatic carbocycles. The third-order valence-corrected chi connectivity index (χ3v) is 2.14. The van der Waals surface area contributed by atoms with Gasteiger partial charge in [0.25, 0.3) is 0 Å². The molecule has 1 aliphatic rings. The molecule has 0 aromatic carbocycles. The van der Waals surface area contributed by atoms with Crippen molar-refractivity contribution in [3.05, 3.63) is 0 Å². The number of hydrogen-bond acceptors (Lipinski definition) is 2. The van der Waals surface area contributed by atoms with Gasteiger partial charge in [-0.2, -0.15) is 0 Å². The molecular formula is C10H20N2O2. The Morgan fingerprint density at radius 3 is 2.36 bits per heavy atom. The normalized spacial score (nSPS) is 18.2. The lowest BCUT2D eigenvalue weighted by atomic mass is 10.2. The first-order valence-corrected chi connectivity index (χ1v) is 5.22. The van der Waals surface area contributed by atoms with Crippen molar-refractivity contribution in [1.29, 1.82) is 0 Å². The standard InChI is InChI=1S/C10H20N2O2/c1-10(2,3)14-12-9(13)11-8-6-4-5-7-8/h8H,4-7H2,1-3H3,(H2,11,12,13). The highest BCUT2D eigenvalue weighted by molar-refractivity contribution is 5.73. The van der Waals surface area contributed by atoms with Crippen LogP contribution in [-0.2, 0) is 4.84 Å².